The highest BCUT2D eigenvalue weighted by molar-refractivity contribution is 5.68. The number of nitrogens with zero attached hydrogens (tertiary/aromatic N) is 4. The van der Waals surface area contributed by atoms with Crippen molar-refractivity contribution in [1.29, 1.82) is 0 Å². The Hall–Kier alpha value is -2.66. The van der Waals surface area contributed by atoms with E-state index < -0.39 is 0 Å². The second-order valence-corrected chi connectivity index (χ2v) is 4.84. The van der Waals surface area contributed by atoms with Crippen LogP contribution in [0.2, 0.25) is 0 Å². The molecule has 4 rings (SSSR count). The van der Waals surface area contributed by atoms with Crippen LogP contribution in [-0.4, -0.2) is 23.1 Å². The van der Waals surface area contributed by atoms with E-state index >= 15 is 0 Å². The molecule has 0 bridgehead atoms. The van der Waals surface area contributed by atoms with Crippen molar-refractivity contribution in [3.05, 3.63) is 59.9 Å². The summed E-state index contributed by atoms with van der Waals surface area (Å²) in [6.07, 6.45) is 11.8. The Bertz CT molecular complexity index is 664. The van der Waals surface area contributed by atoms with Gasteiger partial charge in [0.1, 0.15) is 0 Å². The molecule has 5 nitrogen and oxygen atoms in total. The summed E-state index contributed by atoms with van der Waals surface area (Å²) in [7, 11) is 0. The first-order valence-corrected chi connectivity index (χ1v) is 6.88. The van der Waals surface area contributed by atoms with Crippen molar-refractivity contribution in [3.8, 4) is 0 Å². The van der Waals surface area contributed by atoms with E-state index in [0.717, 1.165) is 22.8 Å². The molecule has 0 spiro atoms. The average Bonchev–Trinajstić information content (AvgIpc) is 2.56. The zero-order valence-electron chi connectivity index (χ0n) is 11.4. The summed E-state index contributed by atoms with van der Waals surface area (Å²) in [4.78, 5) is 14.8. The predicted molar refractivity (Wildman–Crippen MR) is 82.3 cm³/mol. The lowest BCUT2D eigenvalue weighted by Crippen LogP contribution is -2.39. The lowest BCUT2D eigenvalue weighted by Gasteiger charge is -2.32. The van der Waals surface area contributed by atoms with Crippen molar-refractivity contribution in [1.82, 2.24) is 9.97 Å². The van der Waals surface area contributed by atoms with Crippen LogP contribution in [0.5, 0.6) is 0 Å². The highest BCUT2D eigenvalue weighted by Gasteiger charge is 2.22. The molecule has 2 aliphatic rings. The van der Waals surface area contributed by atoms with Crippen molar-refractivity contribution in [3.63, 3.8) is 0 Å². The van der Waals surface area contributed by atoms with Gasteiger partial charge in [0.05, 0.1) is 13.1 Å². The van der Waals surface area contributed by atoms with E-state index in [2.05, 4.69) is 34.3 Å². The maximum absolute atomic E-state index is 6.02. The Kier molecular flexibility index (Phi) is 2.90. The van der Waals surface area contributed by atoms with E-state index in [9.17, 15) is 0 Å². The van der Waals surface area contributed by atoms with Crippen molar-refractivity contribution >= 4 is 23.8 Å². The summed E-state index contributed by atoms with van der Waals surface area (Å²) >= 11 is 0. The normalized spacial score (nSPS) is 15.8. The molecule has 0 amide bonds. The molecule has 104 valence electrons. The smallest absolute Gasteiger partial charge is 0.162 e. The molecule has 2 aliphatic heterocycles. The SMILES string of the molecule is C1=Cc2cccnc2N(ON2CC=Cc3cccnc32)C1. The van der Waals surface area contributed by atoms with Gasteiger partial charge in [-0.25, -0.2) is 20.1 Å². The highest BCUT2D eigenvalue weighted by Crippen LogP contribution is 2.27. The van der Waals surface area contributed by atoms with Crippen LogP contribution < -0.4 is 10.1 Å². The van der Waals surface area contributed by atoms with Crippen LogP contribution in [0.4, 0.5) is 11.6 Å². The van der Waals surface area contributed by atoms with E-state index in [1.54, 1.807) is 22.5 Å². The molecule has 0 atom stereocenters. The predicted octanol–water partition coefficient (Wildman–Crippen LogP) is 2.69. The molecule has 0 N–H and O–H groups in total. The van der Waals surface area contributed by atoms with Crippen molar-refractivity contribution in [2.75, 3.05) is 23.2 Å². The minimum atomic E-state index is 0.659. The molecule has 4 heterocycles. The fourth-order valence-corrected chi connectivity index (χ4v) is 2.48. The van der Waals surface area contributed by atoms with Crippen LogP contribution in [0.3, 0.4) is 0 Å². The Balaban J connectivity index is 1.63. The Labute approximate surface area is 122 Å². The molecule has 0 unspecified atom stereocenters. The molecule has 0 fully saturated rings. The quantitative estimate of drug-likeness (QED) is 0.845. The zero-order chi connectivity index (χ0) is 14.1. The second kappa shape index (κ2) is 5.03. The Morgan fingerprint density at radius 3 is 1.86 bits per heavy atom. The third kappa shape index (κ3) is 2.17. The van der Waals surface area contributed by atoms with Crippen LogP contribution in [0.15, 0.2) is 48.8 Å². The molecule has 0 saturated heterocycles. The highest BCUT2D eigenvalue weighted by atomic mass is 16.8. The molecule has 21 heavy (non-hydrogen) atoms. The number of anilines is 2. The zero-order valence-corrected chi connectivity index (χ0v) is 11.4. The maximum Gasteiger partial charge on any atom is 0.162 e. The van der Waals surface area contributed by atoms with Gasteiger partial charge in [-0.2, -0.15) is 0 Å². The van der Waals surface area contributed by atoms with Crippen LogP contribution >= 0.6 is 0 Å². The van der Waals surface area contributed by atoms with Gasteiger partial charge in [0.15, 0.2) is 11.6 Å². The first-order chi connectivity index (χ1) is 10.4. The molecule has 0 radical (unpaired) electrons. The lowest BCUT2D eigenvalue weighted by molar-refractivity contribution is 0.0900. The Morgan fingerprint density at radius 1 is 0.810 bits per heavy atom. The van der Waals surface area contributed by atoms with E-state index in [1.165, 1.54) is 0 Å². The fourth-order valence-electron chi connectivity index (χ4n) is 2.48. The second-order valence-electron chi connectivity index (χ2n) is 4.84. The molecule has 0 aromatic carbocycles. The van der Waals surface area contributed by atoms with Gasteiger partial charge in [-0.1, -0.05) is 24.3 Å². The van der Waals surface area contributed by atoms with Crippen LogP contribution in [0.25, 0.3) is 12.2 Å². The van der Waals surface area contributed by atoms with E-state index in [1.807, 2.05) is 24.3 Å². The average molecular weight is 278 g/mol. The summed E-state index contributed by atoms with van der Waals surface area (Å²) in [5, 5.41) is 3.57. The van der Waals surface area contributed by atoms with Crippen LogP contribution in [0, 0.1) is 0 Å². The van der Waals surface area contributed by atoms with E-state index in [-0.39, 0.29) is 0 Å². The maximum atomic E-state index is 6.02. The van der Waals surface area contributed by atoms with Crippen molar-refractivity contribution in [2.45, 2.75) is 0 Å². The molecular weight excluding hydrogens is 264 g/mol. The van der Waals surface area contributed by atoms with Crippen molar-refractivity contribution in [2.24, 2.45) is 0 Å². The summed E-state index contributed by atoms with van der Waals surface area (Å²) in [6.45, 7) is 1.32. The minimum absolute atomic E-state index is 0.659. The van der Waals surface area contributed by atoms with Crippen LogP contribution in [-0.2, 0) is 4.94 Å². The number of hydrogen-bond donors (Lipinski definition) is 0. The third-order valence-corrected chi connectivity index (χ3v) is 3.44. The number of hydroxylamine groups is 2. The minimum Gasteiger partial charge on any atom is -0.237 e. The molecule has 0 aliphatic carbocycles. The van der Waals surface area contributed by atoms with E-state index in [4.69, 9.17) is 4.94 Å². The summed E-state index contributed by atoms with van der Waals surface area (Å²) in [6, 6.07) is 7.90. The van der Waals surface area contributed by atoms with Gasteiger partial charge in [-0.3, -0.25) is 0 Å². The number of fused-ring (bicyclic) bond motifs is 2. The number of pyridine rings is 2. The topological polar surface area (TPSA) is 41.5 Å². The number of rotatable bonds is 2. The van der Waals surface area contributed by atoms with Gasteiger partial charge in [-0.15, -0.1) is 4.94 Å². The van der Waals surface area contributed by atoms with Gasteiger partial charge >= 0.3 is 0 Å². The van der Waals surface area contributed by atoms with Gasteiger partial charge in [0.2, 0.25) is 0 Å². The van der Waals surface area contributed by atoms with Gasteiger partial charge in [-0.05, 0) is 24.3 Å². The van der Waals surface area contributed by atoms with E-state index in [0.29, 0.717) is 13.1 Å². The van der Waals surface area contributed by atoms with Gasteiger partial charge in [0.25, 0.3) is 0 Å². The molecule has 2 aromatic rings. The summed E-state index contributed by atoms with van der Waals surface area (Å²) in [5.74, 6) is 1.65. The lowest BCUT2D eigenvalue weighted by atomic mass is 10.2. The molecule has 5 heteroatoms. The first kappa shape index (κ1) is 12.1. The van der Waals surface area contributed by atoms with Crippen molar-refractivity contribution < 1.29 is 4.94 Å². The summed E-state index contributed by atoms with van der Waals surface area (Å²) < 4.78 is 0. The third-order valence-electron chi connectivity index (χ3n) is 3.44. The summed E-state index contributed by atoms with van der Waals surface area (Å²) in [5.41, 5.74) is 2.11. The molecular formula is C16H14N4O. The fraction of sp³-hybridized carbons (Fsp3) is 0.125. The standard InChI is InChI=1S/C16H14N4O/c1-5-13-7-3-11-19(15(13)17-9-1)21-20-12-4-8-14-6-2-10-18-16(14)20/h1-10H,11-12H2. The molecule has 0 saturated carbocycles. The Morgan fingerprint density at radius 2 is 1.33 bits per heavy atom. The number of hydrogen-bond acceptors (Lipinski definition) is 5. The molecule has 2 aromatic heterocycles. The monoisotopic (exact) mass is 278 g/mol. The number of aromatic nitrogens is 2. The largest absolute Gasteiger partial charge is 0.237 e. The first-order valence-electron chi connectivity index (χ1n) is 6.88. The van der Waals surface area contributed by atoms with Gasteiger partial charge < -0.3 is 0 Å². The van der Waals surface area contributed by atoms with Gasteiger partial charge in [0, 0.05) is 23.5 Å². The van der Waals surface area contributed by atoms with Crippen LogP contribution in [0.1, 0.15) is 11.1 Å².